The van der Waals surface area contributed by atoms with Crippen molar-refractivity contribution in [2.45, 2.75) is 0 Å². The topological polar surface area (TPSA) is 24.6 Å². The van der Waals surface area contributed by atoms with Gasteiger partial charge in [0.2, 0.25) is 0 Å². The molecule has 0 unspecified atom stereocenters. The van der Waals surface area contributed by atoms with Crippen LogP contribution in [0.1, 0.15) is 5.56 Å². The van der Waals surface area contributed by atoms with E-state index in [0.717, 1.165) is 6.20 Å². The quantitative estimate of drug-likeness (QED) is 0.476. The summed E-state index contributed by atoms with van der Waals surface area (Å²) in [5, 5.41) is 9.17. The molecule has 0 heterocycles. The Bertz CT molecular complexity index is 295. The highest BCUT2D eigenvalue weighted by molar-refractivity contribution is 5.58. The van der Waals surface area contributed by atoms with Crippen molar-refractivity contribution in [2.75, 3.05) is 0 Å². The molecule has 1 aromatic rings. The van der Waals surface area contributed by atoms with Crippen molar-refractivity contribution < 1.29 is 5.11 Å². The van der Waals surface area contributed by atoms with Gasteiger partial charge in [0.1, 0.15) is 5.76 Å². The second-order valence-corrected chi connectivity index (χ2v) is 2.01. The van der Waals surface area contributed by atoms with Crippen LogP contribution in [-0.2, 0) is 0 Å². The second-order valence-electron chi connectivity index (χ2n) is 2.01. The number of aliphatic hydroxyl groups excluding tert-OH is 1. The highest BCUT2D eigenvalue weighted by Crippen LogP contribution is 2.09. The first kappa shape index (κ1) is 7.36. The summed E-state index contributed by atoms with van der Waals surface area (Å²) in [5.41, 5.74) is 0.670. The lowest BCUT2D eigenvalue weighted by molar-refractivity contribution is 0.512. The Kier molecular flexibility index (Phi) is 2.29. The van der Waals surface area contributed by atoms with Crippen molar-refractivity contribution in [1.82, 2.24) is 0 Å². The van der Waals surface area contributed by atoms with Crippen LogP contribution in [0.2, 0.25) is 0 Å². The van der Waals surface area contributed by atoms with Gasteiger partial charge in [0.25, 0.3) is 0 Å². The van der Waals surface area contributed by atoms with Crippen LogP contribution in [0.25, 0.3) is 10.6 Å². The molecule has 54 valence electrons. The lowest BCUT2D eigenvalue weighted by atomic mass is 10.2. The third-order valence-corrected chi connectivity index (χ3v) is 1.26. The maximum absolute atomic E-state index is 9.17. The fourth-order valence-electron chi connectivity index (χ4n) is 0.745. The standard InChI is InChI=1S/C9H7NO/c1-10-7-9(11)8-5-3-2-4-6-8/h2-7,11H. The predicted octanol–water partition coefficient (Wildman–Crippen LogP) is 2.46. The molecule has 0 bridgehead atoms. The van der Waals surface area contributed by atoms with E-state index in [0.29, 0.717) is 5.56 Å². The zero-order valence-corrected chi connectivity index (χ0v) is 5.86. The van der Waals surface area contributed by atoms with Gasteiger partial charge in [-0.3, -0.25) is 0 Å². The largest absolute Gasteiger partial charge is 0.519 e. The highest BCUT2D eigenvalue weighted by Gasteiger charge is 1.93. The number of rotatable bonds is 1. The van der Waals surface area contributed by atoms with E-state index in [1.165, 1.54) is 0 Å². The average Bonchev–Trinajstić information content (AvgIpc) is 2.07. The first-order valence-corrected chi connectivity index (χ1v) is 3.15. The molecule has 0 aliphatic rings. The zero-order chi connectivity index (χ0) is 8.10. The van der Waals surface area contributed by atoms with Crippen molar-refractivity contribution in [2.24, 2.45) is 0 Å². The van der Waals surface area contributed by atoms with Crippen LogP contribution in [0.15, 0.2) is 36.5 Å². The van der Waals surface area contributed by atoms with Crippen LogP contribution in [0.5, 0.6) is 0 Å². The molecule has 0 amide bonds. The Morgan fingerprint density at radius 3 is 2.55 bits per heavy atom. The number of aliphatic hydroxyl groups is 1. The Hall–Kier alpha value is -1.75. The summed E-state index contributed by atoms with van der Waals surface area (Å²) in [6, 6.07) is 8.97. The monoisotopic (exact) mass is 145 g/mol. The molecule has 0 atom stereocenters. The summed E-state index contributed by atoms with van der Waals surface area (Å²) >= 11 is 0. The van der Waals surface area contributed by atoms with Gasteiger partial charge in [-0.05, 0) is 0 Å². The molecule has 0 aromatic heterocycles. The van der Waals surface area contributed by atoms with E-state index in [9.17, 15) is 0 Å². The molecule has 11 heavy (non-hydrogen) atoms. The molecule has 0 fully saturated rings. The minimum Gasteiger partial charge on any atom is -0.519 e. The normalized spacial score (nSPS) is 10.6. The number of nitrogens with zero attached hydrogens (tertiary/aromatic N) is 1. The van der Waals surface area contributed by atoms with Gasteiger partial charge in [0.15, 0.2) is 6.20 Å². The van der Waals surface area contributed by atoms with E-state index in [-0.39, 0.29) is 5.76 Å². The van der Waals surface area contributed by atoms with Gasteiger partial charge in [-0.1, -0.05) is 30.3 Å². The lowest BCUT2D eigenvalue weighted by Gasteiger charge is -1.95. The summed E-state index contributed by atoms with van der Waals surface area (Å²) in [5.74, 6) is 0.0144. The van der Waals surface area contributed by atoms with E-state index < -0.39 is 0 Å². The predicted molar refractivity (Wildman–Crippen MR) is 43.6 cm³/mol. The Morgan fingerprint density at radius 2 is 2.00 bits per heavy atom. The van der Waals surface area contributed by atoms with Crippen molar-refractivity contribution >= 4 is 5.76 Å². The smallest absolute Gasteiger partial charge is 0.195 e. The summed E-state index contributed by atoms with van der Waals surface area (Å²) in [7, 11) is 0. The number of hydrogen-bond donors (Lipinski definition) is 1. The maximum atomic E-state index is 9.17. The van der Waals surface area contributed by atoms with Gasteiger partial charge in [0, 0.05) is 5.56 Å². The van der Waals surface area contributed by atoms with Gasteiger partial charge < -0.3 is 5.11 Å². The molecule has 2 heteroatoms. The molecule has 1 rings (SSSR count). The summed E-state index contributed by atoms with van der Waals surface area (Å²) < 4.78 is 0. The molecule has 1 N–H and O–H groups in total. The highest BCUT2D eigenvalue weighted by atomic mass is 16.3. The fourth-order valence-corrected chi connectivity index (χ4v) is 0.745. The molecule has 0 aliphatic heterocycles. The molecule has 0 spiro atoms. The first-order valence-electron chi connectivity index (χ1n) is 3.15. The van der Waals surface area contributed by atoms with Crippen molar-refractivity contribution in [1.29, 1.82) is 0 Å². The van der Waals surface area contributed by atoms with E-state index in [4.69, 9.17) is 11.7 Å². The second kappa shape index (κ2) is 3.43. The number of hydrogen-bond acceptors (Lipinski definition) is 1. The Morgan fingerprint density at radius 1 is 1.36 bits per heavy atom. The van der Waals surface area contributed by atoms with E-state index in [1.54, 1.807) is 12.1 Å². The average molecular weight is 145 g/mol. The first-order chi connectivity index (χ1) is 5.34. The van der Waals surface area contributed by atoms with Crippen LogP contribution in [0.3, 0.4) is 0 Å². The summed E-state index contributed by atoms with van der Waals surface area (Å²) in [4.78, 5) is 2.95. The molecule has 0 saturated heterocycles. The van der Waals surface area contributed by atoms with Crippen molar-refractivity contribution in [3.05, 3.63) is 53.5 Å². The third kappa shape index (κ3) is 1.84. The van der Waals surface area contributed by atoms with Gasteiger partial charge in [-0.25, -0.2) is 4.85 Å². The molecular weight excluding hydrogens is 138 g/mol. The molecule has 0 aliphatic carbocycles. The Balaban J connectivity index is 2.96. The SMILES string of the molecule is [C-]#[N+]C=C(O)c1ccccc1. The zero-order valence-electron chi connectivity index (χ0n) is 5.86. The van der Waals surface area contributed by atoms with E-state index in [1.807, 2.05) is 18.2 Å². The van der Waals surface area contributed by atoms with E-state index in [2.05, 4.69) is 4.85 Å². The molecule has 0 saturated carbocycles. The minimum atomic E-state index is 0.0144. The van der Waals surface area contributed by atoms with Crippen LogP contribution in [0, 0.1) is 6.57 Å². The fraction of sp³-hybridized carbons (Fsp3) is 0. The summed E-state index contributed by atoms with van der Waals surface area (Å²) in [6.45, 7) is 6.47. The maximum Gasteiger partial charge on any atom is 0.195 e. The number of benzene rings is 1. The van der Waals surface area contributed by atoms with Gasteiger partial charge in [-0.15, -0.1) is 0 Å². The molecular formula is C9H7NO. The lowest BCUT2D eigenvalue weighted by Crippen LogP contribution is -1.78. The molecule has 0 radical (unpaired) electrons. The van der Waals surface area contributed by atoms with Gasteiger partial charge in [0.05, 0.1) is 6.57 Å². The molecule has 1 aromatic carbocycles. The summed E-state index contributed by atoms with van der Waals surface area (Å²) in [6.07, 6.45) is 1.09. The Labute approximate surface area is 65.2 Å². The third-order valence-electron chi connectivity index (χ3n) is 1.26. The van der Waals surface area contributed by atoms with Crippen LogP contribution < -0.4 is 0 Å². The van der Waals surface area contributed by atoms with Crippen molar-refractivity contribution in [3.8, 4) is 0 Å². The van der Waals surface area contributed by atoms with Crippen LogP contribution in [-0.4, -0.2) is 5.11 Å². The van der Waals surface area contributed by atoms with Crippen molar-refractivity contribution in [3.63, 3.8) is 0 Å². The van der Waals surface area contributed by atoms with E-state index >= 15 is 0 Å². The molecule has 2 nitrogen and oxygen atoms in total. The van der Waals surface area contributed by atoms with Crippen LogP contribution >= 0.6 is 0 Å². The van der Waals surface area contributed by atoms with Gasteiger partial charge in [-0.2, -0.15) is 0 Å². The minimum absolute atomic E-state index is 0.0144. The van der Waals surface area contributed by atoms with Gasteiger partial charge >= 0.3 is 0 Å². The van der Waals surface area contributed by atoms with Crippen LogP contribution in [0.4, 0.5) is 0 Å².